The van der Waals surface area contributed by atoms with Crippen LogP contribution in [0.3, 0.4) is 0 Å². The van der Waals surface area contributed by atoms with E-state index in [9.17, 15) is 4.39 Å². The molecule has 1 saturated carbocycles. The van der Waals surface area contributed by atoms with E-state index < -0.39 is 0 Å². The Hall–Kier alpha value is -1.16. The minimum atomic E-state index is -0.302. The highest BCUT2D eigenvalue weighted by molar-refractivity contribution is 7.80. The number of benzene rings is 1. The normalized spacial score (nSPS) is 16.6. The number of nitrogens with two attached hydrogens (primary N) is 1. The molecule has 1 unspecified atom stereocenters. The van der Waals surface area contributed by atoms with Crippen LogP contribution in [0.15, 0.2) is 18.2 Å². The maximum Gasteiger partial charge on any atom is 0.124 e. The monoisotopic (exact) mass is 252 g/mol. The van der Waals surface area contributed by atoms with Crippen molar-refractivity contribution in [1.29, 1.82) is 0 Å². The van der Waals surface area contributed by atoms with Gasteiger partial charge in [-0.25, -0.2) is 4.39 Å². The van der Waals surface area contributed by atoms with E-state index in [2.05, 4.69) is 11.8 Å². The van der Waals surface area contributed by atoms with Crippen LogP contribution in [0.25, 0.3) is 0 Å². The lowest BCUT2D eigenvalue weighted by Gasteiger charge is -2.29. The number of rotatable bonds is 4. The van der Waals surface area contributed by atoms with Crippen LogP contribution in [-0.4, -0.2) is 18.1 Å². The first-order valence-electron chi connectivity index (χ1n) is 5.83. The molecule has 4 heteroatoms. The van der Waals surface area contributed by atoms with E-state index in [1.54, 1.807) is 6.07 Å². The van der Waals surface area contributed by atoms with Crippen LogP contribution >= 0.6 is 12.2 Å². The largest absolute Gasteiger partial charge is 0.389 e. The van der Waals surface area contributed by atoms with Gasteiger partial charge in [0, 0.05) is 24.3 Å². The van der Waals surface area contributed by atoms with Gasteiger partial charge in [0.05, 0.1) is 0 Å². The molecule has 1 aliphatic carbocycles. The first-order chi connectivity index (χ1) is 8.00. The average molecular weight is 252 g/mol. The van der Waals surface area contributed by atoms with Crippen LogP contribution in [0, 0.1) is 11.7 Å². The fraction of sp³-hybridized carbons (Fsp3) is 0.462. The van der Waals surface area contributed by atoms with E-state index in [1.807, 2.05) is 7.05 Å². The van der Waals surface area contributed by atoms with Crippen molar-refractivity contribution < 1.29 is 4.39 Å². The molecule has 0 aliphatic heterocycles. The van der Waals surface area contributed by atoms with Crippen LogP contribution in [0.2, 0.25) is 0 Å². The maximum absolute atomic E-state index is 13.2. The molecule has 1 fully saturated rings. The minimum Gasteiger partial charge on any atom is -0.389 e. The molecule has 2 rings (SSSR count). The van der Waals surface area contributed by atoms with Gasteiger partial charge in [0.1, 0.15) is 10.8 Å². The standard InChI is InChI=1S/C13H17FN2S/c1-8(9-3-4-9)16(2)12-6-5-10(14)7-11(12)13(15)17/h5-9H,3-4H2,1-2H3,(H2,15,17). The van der Waals surface area contributed by atoms with Gasteiger partial charge in [0.15, 0.2) is 0 Å². The van der Waals surface area contributed by atoms with Gasteiger partial charge < -0.3 is 10.6 Å². The zero-order valence-electron chi connectivity index (χ0n) is 10.1. The van der Waals surface area contributed by atoms with E-state index in [4.69, 9.17) is 18.0 Å². The van der Waals surface area contributed by atoms with E-state index >= 15 is 0 Å². The summed E-state index contributed by atoms with van der Waals surface area (Å²) in [6, 6.07) is 5.05. The highest BCUT2D eigenvalue weighted by Crippen LogP contribution is 2.37. The van der Waals surface area contributed by atoms with Crippen molar-refractivity contribution in [2.24, 2.45) is 11.7 Å². The van der Waals surface area contributed by atoms with Crippen LogP contribution < -0.4 is 10.6 Å². The van der Waals surface area contributed by atoms with E-state index in [0.717, 1.165) is 11.6 Å². The Bertz CT molecular complexity index is 443. The molecule has 2 nitrogen and oxygen atoms in total. The van der Waals surface area contributed by atoms with E-state index in [1.165, 1.54) is 25.0 Å². The van der Waals surface area contributed by atoms with Gasteiger partial charge in [-0.1, -0.05) is 12.2 Å². The number of nitrogens with zero attached hydrogens (tertiary/aromatic N) is 1. The smallest absolute Gasteiger partial charge is 0.124 e. The number of thiocarbonyl (C=S) groups is 1. The second-order valence-corrected chi connectivity index (χ2v) is 5.15. The van der Waals surface area contributed by atoms with Crippen LogP contribution in [-0.2, 0) is 0 Å². The highest BCUT2D eigenvalue weighted by atomic mass is 32.1. The summed E-state index contributed by atoms with van der Waals surface area (Å²) in [5.41, 5.74) is 7.19. The highest BCUT2D eigenvalue weighted by Gasteiger charge is 2.31. The zero-order valence-corrected chi connectivity index (χ0v) is 10.9. The van der Waals surface area contributed by atoms with E-state index in [0.29, 0.717) is 11.6 Å². The minimum absolute atomic E-state index is 0.245. The van der Waals surface area contributed by atoms with Crippen LogP contribution in [0.5, 0.6) is 0 Å². The molecule has 2 N–H and O–H groups in total. The number of halogens is 1. The molecule has 0 amide bonds. The summed E-state index contributed by atoms with van der Waals surface area (Å²) in [7, 11) is 2.01. The Morgan fingerprint density at radius 2 is 2.18 bits per heavy atom. The summed E-state index contributed by atoms with van der Waals surface area (Å²) in [6.45, 7) is 2.18. The SMILES string of the molecule is CC(C1CC1)N(C)c1ccc(F)cc1C(N)=S. The fourth-order valence-corrected chi connectivity index (χ4v) is 2.29. The molecule has 1 aromatic carbocycles. The topological polar surface area (TPSA) is 29.3 Å². The third-order valence-corrected chi connectivity index (χ3v) is 3.74. The third-order valence-electron chi connectivity index (χ3n) is 3.52. The molecule has 1 atom stereocenters. The van der Waals surface area contributed by atoms with Crippen LogP contribution in [0.1, 0.15) is 25.3 Å². The van der Waals surface area contributed by atoms with Crippen LogP contribution in [0.4, 0.5) is 10.1 Å². The van der Waals surface area contributed by atoms with Gasteiger partial charge in [-0.3, -0.25) is 0 Å². The molecule has 0 heterocycles. The summed E-state index contributed by atoms with van der Waals surface area (Å²) >= 11 is 4.98. The summed E-state index contributed by atoms with van der Waals surface area (Å²) in [4.78, 5) is 2.39. The van der Waals surface area contributed by atoms with Gasteiger partial charge in [-0.05, 0) is 43.9 Å². The van der Waals surface area contributed by atoms with Crippen molar-refractivity contribution in [2.45, 2.75) is 25.8 Å². The first kappa shape index (κ1) is 12.3. The molecule has 0 spiro atoms. The van der Waals surface area contributed by atoms with E-state index in [-0.39, 0.29) is 10.8 Å². The van der Waals surface area contributed by atoms with Crippen molar-refractivity contribution in [1.82, 2.24) is 0 Å². The predicted molar refractivity (Wildman–Crippen MR) is 72.9 cm³/mol. The molecule has 0 aromatic heterocycles. The van der Waals surface area contributed by atoms with Crippen molar-refractivity contribution >= 4 is 22.9 Å². The molecule has 0 saturated heterocycles. The molecule has 0 radical (unpaired) electrons. The Morgan fingerprint density at radius 1 is 1.53 bits per heavy atom. The molecule has 0 bridgehead atoms. The quantitative estimate of drug-likeness (QED) is 0.835. The summed E-state index contributed by atoms with van der Waals surface area (Å²) < 4.78 is 13.2. The maximum atomic E-state index is 13.2. The Balaban J connectivity index is 2.32. The Labute approximate surface area is 107 Å². The predicted octanol–water partition coefficient (Wildman–Crippen LogP) is 2.69. The van der Waals surface area contributed by atoms with Crippen molar-refractivity contribution in [3.05, 3.63) is 29.6 Å². The average Bonchev–Trinajstić information content (AvgIpc) is 3.10. The first-order valence-corrected chi connectivity index (χ1v) is 6.23. The van der Waals surface area contributed by atoms with Crippen molar-refractivity contribution in [3.63, 3.8) is 0 Å². The molecular weight excluding hydrogens is 235 g/mol. The van der Waals surface area contributed by atoms with Gasteiger partial charge in [0.25, 0.3) is 0 Å². The molecule has 92 valence electrons. The van der Waals surface area contributed by atoms with Gasteiger partial charge in [-0.15, -0.1) is 0 Å². The Morgan fingerprint density at radius 3 is 2.71 bits per heavy atom. The fourth-order valence-electron chi connectivity index (χ4n) is 2.13. The lowest BCUT2D eigenvalue weighted by atomic mass is 10.1. The van der Waals surface area contributed by atoms with Crippen molar-refractivity contribution in [2.75, 3.05) is 11.9 Å². The number of hydrogen-bond donors (Lipinski definition) is 1. The second-order valence-electron chi connectivity index (χ2n) is 4.71. The second kappa shape index (κ2) is 4.61. The molecule has 17 heavy (non-hydrogen) atoms. The molecule has 1 aliphatic rings. The summed E-state index contributed by atoms with van der Waals surface area (Å²) in [5.74, 6) is 0.438. The zero-order chi connectivity index (χ0) is 12.6. The summed E-state index contributed by atoms with van der Waals surface area (Å²) in [5, 5.41) is 0. The summed E-state index contributed by atoms with van der Waals surface area (Å²) in [6.07, 6.45) is 2.55. The van der Waals surface area contributed by atoms with Gasteiger partial charge >= 0.3 is 0 Å². The Kier molecular flexibility index (Phi) is 3.33. The molecule has 1 aromatic rings. The van der Waals surface area contributed by atoms with Gasteiger partial charge in [-0.2, -0.15) is 0 Å². The number of anilines is 1. The van der Waals surface area contributed by atoms with Gasteiger partial charge in [0.2, 0.25) is 0 Å². The number of hydrogen-bond acceptors (Lipinski definition) is 2. The molecular formula is C13H17FN2S. The lowest BCUT2D eigenvalue weighted by molar-refractivity contribution is 0.605. The lowest BCUT2D eigenvalue weighted by Crippen LogP contribution is -2.32. The third kappa shape index (κ3) is 2.57. The van der Waals surface area contributed by atoms with Crippen molar-refractivity contribution in [3.8, 4) is 0 Å².